The van der Waals surface area contributed by atoms with Crippen molar-refractivity contribution in [1.82, 2.24) is 15.1 Å². The number of morpholine rings is 1. The van der Waals surface area contributed by atoms with E-state index in [1.165, 1.54) is 0 Å². The van der Waals surface area contributed by atoms with Crippen LogP contribution in [0.25, 0.3) is 0 Å². The second kappa shape index (κ2) is 8.42. The van der Waals surface area contributed by atoms with Gasteiger partial charge in [-0.2, -0.15) is 13.2 Å². The summed E-state index contributed by atoms with van der Waals surface area (Å²) in [5.74, 6) is -1.29. The fourth-order valence-electron chi connectivity index (χ4n) is 4.59. The molecule has 0 aliphatic carbocycles. The van der Waals surface area contributed by atoms with Crippen LogP contribution in [-0.2, 0) is 25.8 Å². The molecule has 0 radical (unpaired) electrons. The van der Waals surface area contributed by atoms with E-state index in [0.29, 0.717) is 51.7 Å². The Bertz CT molecular complexity index is 1050. The zero-order chi connectivity index (χ0) is 24.0. The summed E-state index contributed by atoms with van der Waals surface area (Å²) in [6.07, 6.45) is 1.29. The molecule has 0 aromatic heterocycles. The highest BCUT2D eigenvalue weighted by Gasteiger charge is 2.49. The number of benzene rings is 1. The Morgan fingerprint density at radius 2 is 1.82 bits per heavy atom. The van der Waals surface area contributed by atoms with Gasteiger partial charge in [0.15, 0.2) is 0 Å². The van der Waals surface area contributed by atoms with Gasteiger partial charge in [0.1, 0.15) is 12.4 Å². The minimum absolute atomic E-state index is 0.0121. The Kier molecular flexibility index (Phi) is 6.06. The van der Waals surface area contributed by atoms with Gasteiger partial charge < -0.3 is 19.9 Å². The fraction of sp³-hybridized carbons (Fsp3) is 0.600. The van der Waals surface area contributed by atoms with Gasteiger partial charge >= 0.3 is 11.5 Å². The Labute approximate surface area is 187 Å². The third kappa shape index (κ3) is 4.79. The zero-order valence-corrected chi connectivity index (χ0v) is 18.3. The summed E-state index contributed by atoms with van der Waals surface area (Å²) < 4.78 is 80.8. The van der Waals surface area contributed by atoms with Crippen LogP contribution < -0.4 is 5.32 Å². The van der Waals surface area contributed by atoms with Crippen molar-refractivity contribution in [3.05, 3.63) is 29.6 Å². The molecule has 0 saturated carbocycles. The highest BCUT2D eigenvalue weighted by Crippen LogP contribution is 2.32. The summed E-state index contributed by atoms with van der Waals surface area (Å²) in [7, 11) is -5.64. The second-order valence-electron chi connectivity index (χ2n) is 8.84. The number of hydrogen-bond donors (Lipinski definition) is 1. The number of likely N-dealkylation sites (tertiary alicyclic amines) is 2. The number of hydrogen-bond acceptors (Lipinski definition) is 5. The number of alkyl halides is 3. The number of piperidine rings is 1. The average Bonchev–Trinajstić information content (AvgIpc) is 2.70. The maximum Gasteiger partial charge on any atom is 0.501 e. The lowest BCUT2D eigenvalue weighted by atomic mass is 9.88. The van der Waals surface area contributed by atoms with Gasteiger partial charge in [0.2, 0.25) is 5.91 Å². The lowest BCUT2D eigenvalue weighted by Crippen LogP contribution is -2.76. The summed E-state index contributed by atoms with van der Waals surface area (Å²) in [5.41, 5.74) is -5.87. The molecule has 3 saturated heterocycles. The molecule has 3 heterocycles. The highest BCUT2D eigenvalue weighted by atomic mass is 32.2. The molecule has 182 valence electrons. The zero-order valence-electron chi connectivity index (χ0n) is 17.5. The van der Waals surface area contributed by atoms with E-state index in [9.17, 15) is 35.6 Å². The Balaban J connectivity index is 1.32. The van der Waals surface area contributed by atoms with Crippen LogP contribution in [-0.4, -0.2) is 80.6 Å². The van der Waals surface area contributed by atoms with Crippen molar-refractivity contribution < 1.29 is 40.3 Å². The quantitative estimate of drug-likeness (QED) is 0.647. The first-order chi connectivity index (χ1) is 15.4. The van der Waals surface area contributed by atoms with Gasteiger partial charge in [-0.25, -0.2) is 17.6 Å². The first-order valence-electron chi connectivity index (χ1n) is 10.4. The Morgan fingerprint density at radius 3 is 2.42 bits per heavy atom. The van der Waals surface area contributed by atoms with E-state index in [2.05, 4.69) is 5.32 Å². The number of carbonyl (C=O) groups is 2. The van der Waals surface area contributed by atoms with Gasteiger partial charge in [-0.1, -0.05) is 0 Å². The van der Waals surface area contributed by atoms with Crippen molar-refractivity contribution >= 4 is 21.8 Å². The largest absolute Gasteiger partial charge is 0.501 e. The van der Waals surface area contributed by atoms with Crippen molar-refractivity contribution in [3.63, 3.8) is 0 Å². The smallest absolute Gasteiger partial charge is 0.369 e. The monoisotopic (exact) mass is 493 g/mol. The molecule has 13 heteroatoms. The van der Waals surface area contributed by atoms with Crippen LogP contribution >= 0.6 is 0 Å². The van der Waals surface area contributed by atoms with Crippen LogP contribution in [0, 0.1) is 11.7 Å². The Hall–Kier alpha value is -2.41. The molecule has 4 rings (SSSR count). The number of halogens is 4. The second-order valence-corrected chi connectivity index (χ2v) is 10.8. The van der Waals surface area contributed by atoms with E-state index in [1.54, 1.807) is 9.80 Å². The molecular weight excluding hydrogens is 470 g/mol. The molecule has 3 amide bonds. The third-order valence-electron chi connectivity index (χ3n) is 6.23. The summed E-state index contributed by atoms with van der Waals surface area (Å²) in [6.45, 7) is 1.91. The van der Waals surface area contributed by atoms with E-state index in [1.807, 2.05) is 0 Å². The predicted octanol–water partition coefficient (Wildman–Crippen LogP) is 1.69. The molecule has 1 N–H and O–H groups in total. The molecule has 1 aromatic rings. The SMILES string of the molecule is O=C1COCC2(CN(C(=O)N3CCC(Cc4cc(F)cc(S(=O)(=O)C(F)(F)F)c4)CC3)C2)N1. The van der Waals surface area contributed by atoms with Gasteiger partial charge in [0, 0.05) is 26.2 Å². The number of ether oxygens (including phenoxy) is 1. The molecule has 0 atom stereocenters. The van der Waals surface area contributed by atoms with E-state index in [0.717, 1.165) is 12.1 Å². The van der Waals surface area contributed by atoms with Gasteiger partial charge in [-0.15, -0.1) is 0 Å². The lowest BCUT2D eigenvalue weighted by molar-refractivity contribution is -0.141. The molecule has 8 nitrogen and oxygen atoms in total. The first kappa shape index (κ1) is 23.7. The number of urea groups is 1. The van der Waals surface area contributed by atoms with Crippen molar-refractivity contribution in [1.29, 1.82) is 0 Å². The van der Waals surface area contributed by atoms with Crippen LogP contribution in [0.2, 0.25) is 0 Å². The molecule has 0 unspecified atom stereocenters. The summed E-state index contributed by atoms with van der Waals surface area (Å²) in [4.78, 5) is 26.4. The number of amides is 3. The highest BCUT2D eigenvalue weighted by molar-refractivity contribution is 7.92. The predicted molar refractivity (Wildman–Crippen MR) is 106 cm³/mol. The van der Waals surface area contributed by atoms with Crippen LogP contribution in [0.4, 0.5) is 22.4 Å². The van der Waals surface area contributed by atoms with Crippen molar-refractivity contribution in [3.8, 4) is 0 Å². The molecule has 1 aromatic carbocycles. The van der Waals surface area contributed by atoms with Gasteiger partial charge in [0.25, 0.3) is 9.84 Å². The number of sulfone groups is 1. The minimum atomic E-state index is -5.64. The molecule has 0 bridgehead atoms. The molecule has 3 aliphatic heterocycles. The molecule has 3 aliphatic rings. The van der Waals surface area contributed by atoms with Crippen LogP contribution in [0.1, 0.15) is 18.4 Å². The summed E-state index contributed by atoms with van der Waals surface area (Å²) in [6, 6.07) is 2.10. The summed E-state index contributed by atoms with van der Waals surface area (Å²) >= 11 is 0. The van der Waals surface area contributed by atoms with Gasteiger partial charge in [-0.3, -0.25) is 4.79 Å². The average molecular weight is 493 g/mol. The van der Waals surface area contributed by atoms with E-state index in [-0.39, 0.29) is 36.4 Å². The molecule has 1 spiro atoms. The van der Waals surface area contributed by atoms with E-state index in [4.69, 9.17) is 4.74 Å². The van der Waals surface area contributed by atoms with Crippen molar-refractivity contribution in [2.75, 3.05) is 39.4 Å². The van der Waals surface area contributed by atoms with Crippen molar-refractivity contribution in [2.24, 2.45) is 5.92 Å². The third-order valence-corrected chi connectivity index (χ3v) is 7.69. The van der Waals surface area contributed by atoms with Gasteiger partial charge in [-0.05, 0) is 48.9 Å². The first-order valence-corrected chi connectivity index (χ1v) is 11.9. The van der Waals surface area contributed by atoms with Crippen molar-refractivity contribution in [2.45, 2.75) is 35.2 Å². The van der Waals surface area contributed by atoms with Crippen LogP contribution in [0.3, 0.4) is 0 Å². The minimum Gasteiger partial charge on any atom is -0.369 e. The Morgan fingerprint density at radius 1 is 1.15 bits per heavy atom. The summed E-state index contributed by atoms with van der Waals surface area (Å²) in [5, 5.41) is 2.86. The molecule has 33 heavy (non-hydrogen) atoms. The maximum absolute atomic E-state index is 13.9. The standard InChI is InChI=1S/C20H23F4N3O5S/c21-15-6-14(7-16(8-15)33(30,31)20(22,23)24)5-13-1-3-26(4-2-13)18(29)27-10-19(11-27)12-32-9-17(28)25-19/h6-8,13H,1-5,9-12H2,(H,25,28). The fourth-order valence-corrected chi connectivity index (χ4v) is 5.43. The molecular formula is C20H23F4N3O5S. The van der Waals surface area contributed by atoms with Crippen LogP contribution in [0.15, 0.2) is 23.1 Å². The van der Waals surface area contributed by atoms with E-state index >= 15 is 0 Å². The number of nitrogens with one attached hydrogen (secondary N) is 1. The number of rotatable bonds is 3. The number of carbonyl (C=O) groups excluding carboxylic acids is 2. The topological polar surface area (TPSA) is 96.0 Å². The maximum atomic E-state index is 13.9. The van der Waals surface area contributed by atoms with Gasteiger partial charge in [0.05, 0.1) is 17.0 Å². The van der Waals surface area contributed by atoms with E-state index < -0.39 is 31.6 Å². The number of nitrogens with zero attached hydrogens (tertiary/aromatic N) is 2. The molecule has 3 fully saturated rings. The lowest BCUT2D eigenvalue weighted by Gasteiger charge is -2.52. The normalized spacial score (nSPS) is 21.6. The van der Waals surface area contributed by atoms with Crippen LogP contribution in [0.5, 0.6) is 0 Å².